The number of aliphatic hydroxyl groups excluding tert-OH is 1. The van der Waals surface area contributed by atoms with Crippen molar-refractivity contribution in [2.75, 3.05) is 11.9 Å². The largest absolute Gasteiger partial charge is 0.394 e. The summed E-state index contributed by atoms with van der Waals surface area (Å²) in [6, 6.07) is 12.4. The number of nitrogens with one attached hydrogen (secondary N) is 2. The molecule has 0 bridgehead atoms. The van der Waals surface area contributed by atoms with Crippen LogP contribution in [0.3, 0.4) is 0 Å². The van der Waals surface area contributed by atoms with E-state index in [1.807, 2.05) is 18.2 Å². The predicted octanol–water partition coefficient (Wildman–Crippen LogP) is 2.76. The molecule has 120 valence electrons. The van der Waals surface area contributed by atoms with Crippen molar-refractivity contribution in [2.24, 2.45) is 0 Å². The maximum Gasteiger partial charge on any atom is 0.319 e. The highest BCUT2D eigenvalue weighted by Gasteiger charge is 2.15. The van der Waals surface area contributed by atoms with Gasteiger partial charge in [0.15, 0.2) is 0 Å². The van der Waals surface area contributed by atoms with Crippen LogP contribution >= 0.6 is 0 Å². The summed E-state index contributed by atoms with van der Waals surface area (Å²) in [5.74, 6) is 0. The van der Waals surface area contributed by atoms with Crippen LogP contribution in [0, 0.1) is 17.0 Å². The molecule has 0 aliphatic carbocycles. The topological polar surface area (TPSA) is 104 Å². The third-order valence-corrected chi connectivity index (χ3v) is 3.34. The van der Waals surface area contributed by atoms with Gasteiger partial charge in [0.1, 0.15) is 0 Å². The fourth-order valence-corrected chi connectivity index (χ4v) is 2.18. The van der Waals surface area contributed by atoms with Crippen molar-refractivity contribution < 1.29 is 14.8 Å². The fraction of sp³-hybridized carbons (Fsp3) is 0.188. The molecule has 2 amide bonds. The van der Waals surface area contributed by atoms with Gasteiger partial charge in [-0.15, -0.1) is 0 Å². The van der Waals surface area contributed by atoms with Crippen molar-refractivity contribution in [3.8, 4) is 0 Å². The van der Waals surface area contributed by atoms with Gasteiger partial charge in [-0.2, -0.15) is 0 Å². The second-order valence-corrected chi connectivity index (χ2v) is 5.00. The number of nitrogens with zero attached hydrogens (tertiary/aromatic N) is 1. The third-order valence-electron chi connectivity index (χ3n) is 3.34. The van der Waals surface area contributed by atoms with E-state index in [9.17, 15) is 20.0 Å². The zero-order valence-corrected chi connectivity index (χ0v) is 12.5. The van der Waals surface area contributed by atoms with E-state index in [0.29, 0.717) is 11.3 Å². The van der Waals surface area contributed by atoms with Gasteiger partial charge in [0, 0.05) is 17.3 Å². The number of amides is 2. The third kappa shape index (κ3) is 4.27. The van der Waals surface area contributed by atoms with Gasteiger partial charge in [-0.1, -0.05) is 30.3 Å². The molecule has 1 unspecified atom stereocenters. The molecule has 0 saturated heterocycles. The number of rotatable bonds is 5. The maximum absolute atomic E-state index is 12.0. The van der Waals surface area contributed by atoms with Crippen molar-refractivity contribution in [2.45, 2.75) is 13.0 Å². The second kappa shape index (κ2) is 7.37. The van der Waals surface area contributed by atoms with Crippen LogP contribution in [0.15, 0.2) is 48.5 Å². The molecular weight excluding hydrogens is 298 g/mol. The fourth-order valence-electron chi connectivity index (χ4n) is 2.18. The number of nitro groups is 1. The van der Waals surface area contributed by atoms with E-state index in [2.05, 4.69) is 10.6 Å². The molecule has 2 aromatic carbocycles. The summed E-state index contributed by atoms with van der Waals surface area (Å²) in [5.41, 5.74) is 1.67. The molecule has 0 aliphatic rings. The molecule has 2 rings (SSSR count). The van der Waals surface area contributed by atoms with E-state index in [1.54, 1.807) is 19.1 Å². The Morgan fingerprint density at radius 3 is 2.52 bits per heavy atom. The van der Waals surface area contributed by atoms with Crippen molar-refractivity contribution in [1.82, 2.24) is 5.32 Å². The second-order valence-electron chi connectivity index (χ2n) is 5.00. The van der Waals surface area contributed by atoms with E-state index in [4.69, 9.17) is 0 Å². The SMILES string of the molecule is Cc1cc(NC(=O)NC(CO)c2ccccc2)ccc1[N+](=O)[O-]. The van der Waals surface area contributed by atoms with Gasteiger partial charge in [0.25, 0.3) is 5.69 Å². The van der Waals surface area contributed by atoms with Crippen LogP contribution in [0.5, 0.6) is 0 Å². The van der Waals surface area contributed by atoms with Crippen LogP contribution in [0.1, 0.15) is 17.2 Å². The first-order valence-corrected chi connectivity index (χ1v) is 6.99. The summed E-state index contributed by atoms with van der Waals surface area (Å²) >= 11 is 0. The molecule has 0 fully saturated rings. The molecule has 0 aromatic heterocycles. The lowest BCUT2D eigenvalue weighted by Gasteiger charge is -2.17. The number of benzene rings is 2. The van der Waals surface area contributed by atoms with Crippen LogP contribution in [0.25, 0.3) is 0 Å². The van der Waals surface area contributed by atoms with Crippen LogP contribution in [0.2, 0.25) is 0 Å². The lowest BCUT2D eigenvalue weighted by atomic mass is 10.1. The number of carbonyl (C=O) groups excluding carboxylic acids is 1. The highest BCUT2D eigenvalue weighted by molar-refractivity contribution is 5.89. The summed E-state index contributed by atoms with van der Waals surface area (Å²) < 4.78 is 0. The van der Waals surface area contributed by atoms with Gasteiger partial charge in [0.05, 0.1) is 17.6 Å². The molecule has 23 heavy (non-hydrogen) atoms. The van der Waals surface area contributed by atoms with Gasteiger partial charge in [0.2, 0.25) is 0 Å². The molecule has 0 heterocycles. The molecule has 2 aromatic rings. The van der Waals surface area contributed by atoms with Crippen LogP contribution in [-0.4, -0.2) is 22.7 Å². The highest BCUT2D eigenvalue weighted by Crippen LogP contribution is 2.21. The first-order chi connectivity index (χ1) is 11.0. The standard InChI is InChI=1S/C16H17N3O4/c1-11-9-13(7-8-15(11)19(22)23)17-16(21)18-14(10-20)12-5-3-2-4-6-12/h2-9,14,20H,10H2,1H3,(H2,17,18,21). The molecule has 0 radical (unpaired) electrons. The minimum Gasteiger partial charge on any atom is -0.394 e. The number of hydrogen-bond acceptors (Lipinski definition) is 4. The first-order valence-electron chi connectivity index (χ1n) is 6.99. The zero-order chi connectivity index (χ0) is 16.8. The Bertz CT molecular complexity index is 704. The van der Waals surface area contributed by atoms with Crippen LogP contribution in [-0.2, 0) is 0 Å². The van der Waals surface area contributed by atoms with Crippen molar-refractivity contribution in [3.05, 3.63) is 69.8 Å². The Hall–Kier alpha value is -2.93. The predicted molar refractivity (Wildman–Crippen MR) is 86.3 cm³/mol. The number of hydrogen-bond donors (Lipinski definition) is 3. The van der Waals surface area contributed by atoms with Crippen molar-refractivity contribution >= 4 is 17.4 Å². The molecule has 7 nitrogen and oxygen atoms in total. The van der Waals surface area contributed by atoms with Crippen LogP contribution < -0.4 is 10.6 Å². The summed E-state index contributed by atoms with van der Waals surface area (Å²) in [6.45, 7) is 1.36. The Kier molecular flexibility index (Phi) is 5.27. The average Bonchev–Trinajstić information content (AvgIpc) is 2.53. The lowest BCUT2D eigenvalue weighted by Crippen LogP contribution is -2.34. The van der Waals surface area contributed by atoms with E-state index < -0.39 is 17.0 Å². The molecule has 0 spiro atoms. The minimum absolute atomic E-state index is 0.00604. The maximum atomic E-state index is 12.0. The summed E-state index contributed by atoms with van der Waals surface area (Å²) in [7, 11) is 0. The first kappa shape index (κ1) is 16.4. The zero-order valence-electron chi connectivity index (χ0n) is 12.5. The van der Waals surface area contributed by atoms with Gasteiger partial charge >= 0.3 is 6.03 Å². The van der Waals surface area contributed by atoms with E-state index >= 15 is 0 Å². The monoisotopic (exact) mass is 315 g/mol. The van der Waals surface area contributed by atoms with Gasteiger partial charge in [-0.3, -0.25) is 10.1 Å². The summed E-state index contributed by atoms with van der Waals surface area (Å²) in [5, 5.41) is 25.4. The van der Waals surface area contributed by atoms with E-state index in [1.165, 1.54) is 18.2 Å². The Labute approximate surface area is 133 Å². The van der Waals surface area contributed by atoms with E-state index in [-0.39, 0.29) is 12.3 Å². The molecule has 7 heteroatoms. The summed E-state index contributed by atoms with van der Waals surface area (Å²) in [6.07, 6.45) is 0. The number of anilines is 1. The molecule has 0 saturated carbocycles. The lowest BCUT2D eigenvalue weighted by molar-refractivity contribution is -0.385. The molecule has 3 N–H and O–H groups in total. The van der Waals surface area contributed by atoms with Crippen LogP contribution in [0.4, 0.5) is 16.2 Å². The minimum atomic E-state index is -0.532. The van der Waals surface area contributed by atoms with Crippen molar-refractivity contribution in [1.29, 1.82) is 0 Å². The van der Waals surface area contributed by atoms with Gasteiger partial charge in [-0.05, 0) is 24.6 Å². The van der Waals surface area contributed by atoms with Gasteiger partial charge in [-0.25, -0.2) is 4.79 Å². The number of aliphatic hydroxyl groups is 1. The summed E-state index contributed by atoms with van der Waals surface area (Å²) in [4.78, 5) is 22.3. The Morgan fingerprint density at radius 2 is 1.96 bits per heavy atom. The number of nitro benzene ring substituents is 1. The Balaban J connectivity index is 2.04. The van der Waals surface area contributed by atoms with E-state index in [0.717, 1.165) is 5.56 Å². The number of urea groups is 1. The Morgan fingerprint density at radius 1 is 1.26 bits per heavy atom. The van der Waals surface area contributed by atoms with Gasteiger partial charge < -0.3 is 15.7 Å². The normalized spacial score (nSPS) is 11.6. The average molecular weight is 315 g/mol. The smallest absolute Gasteiger partial charge is 0.319 e. The number of aryl methyl sites for hydroxylation is 1. The quantitative estimate of drug-likeness (QED) is 0.583. The number of carbonyl (C=O) groups is 1. The highest BCUT2D eigenvalue weighted by atomic mass is 16.6. The van der Waals surface area contributed by atoms with Crippen molar-refractivity contribution in [3.63, 3.8) is 0 Å². The molecule has 1 atom stereocenters. The molecular formula is C16H17N3O4. The molecule has 0 aliphatic heterocycles.